The Morgan fingerprint density at radius 1 is 0.447 bits per heavy atom. The van der Waals surface area contributed by atoms with E-state index in [1.807, 2.05) is 36.4 Å². The van der Waals surface area contributed by atoms with Gasteiger partial charge in [0.1, 0.15) is 17.2 Å². The molecule has 6 fully saturated rings. The van der Waals surface area contributed by atoms with Crippen molar-refractivity contribution in [3.8, 4) is 17.2 Å². The van der Waals surface area contributed by atoms with Crippen LogP contribution >= 0.6 is 7.82 Å². The standard InChI is InChI=1S/C36H39O10P/c37-47(44-34-4-1-22(10-28-16-38-28)7-25(34)13-31-19-41-31,45-35-5-2-23(11-29-17-39-29)8-26(35)14-32-20-42-32)46-36-6-3-24(12-30-18-40-30)9-27(36)15-33-21-43-33/h1-9,28-33H,10-21H2. The first-order valence-corrected chi connectivity index (χ1v) is 18.2. The van der Waals surface area contributed by atoms with Crippen LogP contribution in [0.5, 0.6) is 17.2 Å². The molecule has 6 unspecified atom stereocenters. The molecule has 248 valence electrons. The van der Waals surface area contributed by atoms with Crippen molar-refractivity contribution in [1.82, 2.24) is 0 Å². The summed E-state index contributed by atoms with van der Waals surface area (Å²) in [5.74, 6) is 1.36. The van der Waals surface area contributed by atoms with Gasteiger partial charge in [0.2, 0.25) is 0 Å². The molecule has 3 aromatic rings. The van der Waals surface area contributed by atoms with Crippen molar-refractivity contribution >= 4 is 7.82 Å². The summed E-state index contributed by atoms with van der Waals surface area (Å²) in [5, 5.41) is 0. The third-order valence-electron chi connectivity index (χ3n) is 9.15. The van der Waals surface area contributed by atoms with Crippen LogP contribution in [0.1, 0.15) is 33.4 Å². The number of ether oxygens (including phenoxy) is 6. The number of phosphoric ester groups is 1. The maximum absolute atomic E-state index is 15.1. The number of hydrogen-bond acceptors (Lipinski definition) is 10. The van der Waals surface area contributed by atoms with E-state index in [0.29, 0.717) is 56.3 Å². The Hall–Kier alpha value is -2.95. The number of phosphoric acid groups is 1. The zero-order valence-corrected chi connectivity index (χ0v) is 27.1. The maximum Gasteiger partial charge on any atom is 0.647 e. The summed E-state index contributed by atoms with van der Waals surface area (Å²) < 4.78 is 67.5. The lowest BCUT2D eigenvalue weighted by Gasteiger charge is -2.24. The third kappa shape index (κ3) is 8.38. The zero-order chi connectivity index (χ0) is 31.4. The van der Waals surface area contributed by atoms with Crippen molar-refractivity contribution in [2.45, 2.75) is 75.1 Å². The molecule has 0 radical (unpaired) electrons. The van der Waals surface area contributed by atoms with E-state index in [1.54, 1.807) is 0 Å². The van der Waals surface area contributed by atoms with Gasteiger partial charge in [-0.3, -0.25) is 0 Å². The summed E-state index contributed by atoms with van der Waals surface area (Å²) in [6, 6.07) is 17.9. The molecule has 6 aliphatic heterocycles. The van der Waals surface area contributed by atoms with Crippen LogP contribution in [-0.2, 0) is 71.5 Å². The maximum atomic E-state index is 15.1. The van der Waals surface area contributed by atoms with Crippen LogP contribution in [0.15, 0.2) is 54.6 Å². The van der Waals surface area contributed by atoms with Crippen LogP contribution < -0.4 is 13.6 Å². The first-order valence-electron chi connectivity index (χ1n) is 16.7. The van der Waals surface area contributed by atoms with Gasteiger partial charge < -0.3 is 42.0 Å². The van der Waals surface area contributed by atoms with E-state index in [2.05, 4.69) is 18.2 Å². The van der Waals surface area contributed by atoms with Gasteiger partial charge in [0.25, 0.3) is 0 Å². The Balaban J connectivity index is 1.06. The predicted octanol–water partition coefficient (Wildman–Crippen LogP) is 4.98. The summed E-state index contributed by atoms with van der Waals surface area (Å²) in [6.45, 7) is 4.40. The lowest BCUT2D eigenvalue weighted by atomic mass is 10.0. The highest BCUT2D eigenvalue weighted by atomic mass is 31.2. The smallest absolute Gasteiger partial charge is 0.386 e. The summed E-state index contributed by atoms with van der Waals surface area (Å²) in [5.41, 5.74) is 6.10. The molecule has 6 aliphatic rings. The van der Waals surface area contributed by atoms with Gasteiger partial charge in [-0.25, -0.2) is 0 Å². The number of epoxide rings is 6. The van der Waals surface area contributed by atoms with Gasteiger partial charge in [0.05, 0.1) is 76.3 Å². The number of rotatable bonds is 18. The fraction of sp³-hybridized carbons (Fsp3) is 0.500. The average molecular weight is 663 g/mol. The van der Waals surface area contributed by atoms with Crippen molar-refractivity contribution < 1.29 is 46.6 Å². The van der Waals surface area contributed by atoms with Crippen LogP contribution in [0, 0.1) is 0 Å². The predicted molar refractivity (Wildman–Crippen MR) is 169 cm³/mol. The monoisotopic (exact) mass is 662 g/mol. The molecule has 0 bridgehead atoms. The van der Waals surface area contributed by atoms with Gasteiger partial charge in [-0.05, 0) is 51.6 Å². The molecule has 11 heteroatoms. The fourth-order valence-electron chi connectivity index (χ4n) is 6.08. The van der Waals surface area contributed by atoms with Crippen molar-refractivity contribution in [1.29, 1.82) is 0 Å². The minimum absolute atomic E-state index is 0.104. The number of hydrogen-bond donors (Lipinski definition) is 0. The second-order valence-electron chi connectivity index (χ2n) is 13.5. The minimum atomic E-state index is -4.32. The van der Waals surface area contributed by atoms with E-state index in [4.69, 9.17) is 42.0 Å². The number of benzene rings is 3. The van der Waals surface area contributed by atoms with E-state index in [9.17, 15) is 0 Å². The summed E-state index contributed by atoms with van der Waals surface area (Å²) in [7, 11) is -4.32. The van der Waals surface area contributed by atoms with E-state index in [1.165, 1.54) is 0 Å². The van der Waals surface area contributed by atoms with E-state index in [-0.39, 0.29) is 36.6 Å². The van der Waals surface area contributed by atoms with Crippen molar-refractivity contribution in [3.63, 3.8) is 0 Å². The second kappa shape index (κ2) is 12.5. The minimum Gasteiger partial charge on any atom is -0.386 e. The van der Waals surface area contributed by atoms with Gasteiger partial charge in [0.15, 0.2) is 0 Å². The Morgan fingerprint density at radius 3 is 0.957 bits per heavy atom. The lowest BCUT2D eigenvalue weighted by Crippen LogP contribution is -2.12. The van der Waals surface area contributed by atoms with Gasteiger partial charge in [-0.2, -0.15) is 4.57 Å². The first kappa shape index (κ1) is 30.1. The molecular weight excluding hydrogens is 623 g/mol. The molecule has 0 saturated carbocycles. The van der Waals surface area contributed by atoms with Crippen molar-refractivity contribution in [2.75, 3.05) is 39.6 Å². The second-order valence-corrected chi connectivity index (χ2v) is 14.9. The first-order chi connectivity index (χ1) is 23.0. The van der Waals surface area contributed by atoms with Gasteiger partial charge in [0, 0.05) is 38.5 Å². The third-order valence-corrected chi connectivity index (χ3v) is 10.4. The van der Waals surface area contributed by atoms with Crippen LogP contribution in [0.3, 0.4) is 0 Å². The quantitative estimate of drug-likeness (QED) is 0.136. The summed E-state index contributed by atoms with van der Waals surface area (Å²) in [4.78, 5) is 0. The normalized spacial score (nSPS) is 29.0. The van der Waals surface area contributed by atoms with E-state index >= 15 is 4.57 Å². The lowest BCUT2D eigenvalue weighted by molar-refractivity contribution is 0.293. The Labute approximate surface area is 274 Å². The molecular formula is C36H39O10P. The van der Waals surface area contributed by atoms with Crippen LogP contribution in [0.4, 0.5) is 0 Å². The zero-order valence-electron chi connectivity index (χ0n) is 26.2. The molecule has 0 N–H and O–H groups in total. The molecule has 9 rings (SSSR count). The molecule has 6 atom stereocenters. The van der Waals surface area contributed by atoms with Gasteiger partial charge >= 0.3 is 7.82 Å². The highest BCUT2D eigenvalue weighted by Crippen LogP contribution is 2.53. The molecule has 0 spiro atoms. The fourth-order valence-corrected chi connectivity index (χ4v) is 7.45. The Morgan fingerprint density at radius 2 is 0.702 bits per heavy atom. The van der Waals surface area contributed by atoms with Crippen molar-refractivity contribution in [3.05, 3.63) is 88.0 Å². The van der Waals surface area contributed by atoms with E-state index in [0.717, 1.165) is 72.5 Å². The summed E-state index contributed by atoms with van der Waals surface area (Å²) >= 11 is 0. The Kier molecular flexibility index (Phi) is 8.01. The SMILES string of the molecule is O=P(Oc1ccc(CC2CO2)cc1CC1CO1)(Oc1ccc(CC2CO2)cc1CC1CO1)Oc1ccc(CC2CO2)cc1CC1CO1. The van der Waals surface area contributed by atoms with Crippen LogP contribution in [0.25, 0.3) is 0 Å². The highest BCUT2D eigenvalue weighted by Gasteiger charge is 2.38. The van der Waals surface area contributed by atoms with E-state index < -0.39 is 7.82 Å². The molecule has 0 amide bonds. The molecule has 3 aromatic carbocycles. The Bertz CT molecular complexity index is 1480. The average Bonchev–Trinajstić information content (AvgIpc) is 3.81. The largest absolute Gasteiger partial charge is 0.647 e. The topological polar surface area (TPSA) is 120 Å². The molecule has 6 heterocycles. The highest BCUT2D eigenvalue weighted by molar-refractivity contribution is 7.49. The molecule has 6 saturated heterocycles. The molecule has 47 heavy (non-hydrogen) atoms. The van der Waals surface area contributed by atoms with Gasteiger partial charge in [-0.1, -0.05) is 36.4 Å². The molecule has 0 aromatic heterocycles. The molecule has 10 nitrogen and oxygen atoms in total. The van der Waals surface area contributed by atoms with Crippen LogP contribution in [-0.4, -0.2) is 76.3 Å². The molecule has 0 aliphatic carbocycles. The van der Waals surface area contributed by atoms with Gasteiger partial charge in [-0.15, -0.1) is 0 Å². The van der Waals surface area contributed by atoms with Crippen LogP contribution in [0.2, 0.25) is 0 Å². The van der Waals surface area contributed by atoms with Crippen molar-refractivity contribution in [2.24, 2.45) is 0 Å². The summed E-state index contributed by atoms with van der Waals surface area (Å²) in [6.07, 6.45) is 5.42.